The van der Waals surface area contributed by atoms with Gasteiger partial charge >= 0.3 is 0 Å². The maximum Gasteiger partial charge on any atom is 0.196 e. The Bertz CT molecular complexity index is 2900. The Hall–Kier alpha value is -6.04. The molecule has 3 atom stereocenters. The number of fused-ring (bicyclic) bond motifs is 4. The van der Waals surface area contributed by atoms with Crippen molar-refractivity contribution >= 4 is 28.4 Å². The molecular formula is C56H60N8O2S. The van der Waals surface area contributed by atoms with E-state index in [-0.39, 0.29) is 12.0 Å². The first kappa shape index (κ1) is 42.3. The van der Waals surface area contributed by atoms with E-state index < -0.39 is 0 Å². The molecule has 342 valence electrons. The van der Waals surface area contributed by atoms with Crippen LogP contribution in [0.4, 0.5) is 11.4 Å². The van der Waals surface area contributed by atoms with Crippen LogP contribution in [0.25, 0.3) is 5.00 Å². The maximum atomic E-state index is 10.3. The number of thiophene rings is 1. The van der Waals surface area contributed by atoms with Gasteiger partial charge in [0.05, 0.1) is 18.3 Å². The number of hydrogen-bond donors (Lipinski definition) is 1. The highest BCUT2D eigenvalue weighted by Crippen LogP contribution is 2.48. The van der Waals surface area contributed by atoms with E-state index in [1.54, 1.807) is 23.8 Å². The summed E-state index contributed by atoms with van der Waals surface area (Å²) >= 11 is 1.79. The smallest absolute Gasteiger partial charge is 0.196 e. The predicted octanol–water partition coefficient (Wildman–Crippen LogP) is 10.8. The lowest BCUT2D eigenvalue weighted by Gasteiger charge is -2.55. The summed E-state index contributed by atoms with van der Waals surface area (Å²) in [6.45, 7) is 14.6. The van der Waals surface area contributed by atoms with E-state index in [0.29, 0.717) is 29.4 Å². The summed E-state index contributed by atoms with van der Waals surface area (Å²) in [7, 11) is 0. The number of hydrogen-bond acceptors (Lipinski definition) is 10. The van der Waals surface area contributed by atoms with Gasteiger partial charge in [0.25, 0.3) is 0 Å². The number of aromatic hydroxyl groups is 1. The molecule has 1 aliphatic carbocycles. The van der Waals surface area contributed by atoms with Crippen molar-refractivity contribution in [3.63, 3.8) is 0 Å². The lowest BCUT2D eigenvalue weighted by atomic mass is 9.69. The van der Waals surface area contributed by atoms with Gasteiger partial charge < -0.3 is 24.2 Å². The van der Waals surface area contributed by atoms with Crippen LogP contribution in [-0.2, 0) is 12.8 Å². The van der Waals surface area contributed by atoms with E-state index in [0.717, 1.165) is 72.9 Å². The molecule has 3 saturated heterocycles. The molecule has 3 fully saturated rings. The third-order valence-electron chi connectivity index (χ3n) is 16.1. The molecule has 3 aromatic heterocycles. The second-order valence-corrected chi connectivity index (χ2v) is 21.4. The number of likely N-dealkylation sites (tertiary alicyclic amines) is 1. The van der Waals surface area contributed by atoms with Gasteiger partial charge in [0, 0.05) is 71.4 Å². The zero-order chi connectivity index (χ0) is 45.2. The number of aliphatic imine (C=N–C) groups is 1. The standard InChI is InChI=1S/C56H60N8O2S/c1-36-37(2)67-55-51(36)53(58-49(32-50-57-25-30-66-50)54-60-59-38(3)64(54)55)42-11-16-45(17-12-42)63-34-56(35-63)23-28-61(29-24-56)33-39-21-26-62(27-22-39)44-14-9-41(10-15-44)52-47(40-7-5-4-6-8-40)19-13-43-31-46(65)18-20-48(43)52/h4-12,14-18,20,25,30-31,39,47,49,52,65H,13,19,21-24,26-29,32-35H2,1-3H3/t47-,49+,52+/m1/s1. The van der Waals surface area contributed by atoms with Crippen LogP contribution in [0, 0.1) is 32.1 Å². The summed E-state index contributed by atoms with van der Waals surface area (Å²) in [5.74, 6) is 4.17. The fourth-order valence-corrected chi connectivity index (χ4v) is 13.5. The average molecular weight is 909 g/mol. The van der Waals surface area contributed by atoms with Gasteiger partial charge in [-0.15, -0.1) is 21.5 Å². The second kappa shape index (κ2) is 17.2. The molecule has 1 spiro atoms. The Balaban J connectivity index is 0.654. The Morgan fingerprint density at radius 2 is 1.54 bits per heavy atom. The largest absolute Gasteiger partial charge is 0.508 e. The molecule has 4 aliphatic heterocycles. The number of phenolic OH excluding ortho intramolecular Hbond substituents is 1. The highest BCUT2D eigenvalue weighted by atomic mass is 32.1. The van der Waals surface area contributed by atoms with E-state index in [2.05, 4.69) is 133 Å². The number of nitrogens with zero attached hydrogens (tertiary/aromatic N) is 8. The summed E-state index contributed by atoms with van der Waals surface area (Å²) in [6.07, 6.45) is 11.0. The van der Waals surface area contributed by atoms with E-state index >= 15 is 0 Å². The molecule has 67 heavy (non-hydrogen) atoms. The topological polar surface area (TPSA) is 99.1 Å². The highest BCUT2D eigenvalue weighted by Gasteiger charge is 2.45. The van der Waals surface area contributed by atoms with Crippen molar-refractivity contribution in [1.29, 1.82) is 0 Å². The first-order valence-corrected chi connectivity index (χ1v) is 25.4. The van der Waals surface area contributed by atoms with Crippen molar-refractivity contribution in [2.75, 3.05) is 55.6 Å². The molecule has 7 heterocycles. The van der Waals surface area contributed by atoms with Crippen LogP contribution < -0.4 is 9.80 Å². The molecule has 4 aromatic carbocycles. The molecule has 0 amide bonds. The van der Waals surface area contributed by atoms with E-state index in [1.165, 1.54) is 95.0 Å². The van der Waals surface area contributed by atoms with Gasteiger partial charge in [-0.05, 0) is 148 Å². The van der Waals surface area contributed by atoms with Crippen LogP contribution in [0.5, 0.6) is 5.75 Å². The van der Waals surface area contributed by atoms with E-state index in [4.69, 9.17) is 9.41 Å². The first-order chi connectivity index (χ1) is 32.8. The summed E-state index contributed by atoms with van der Waals surface area (Å²) in [5, 5.41) is 20.6. The van der Waals surface area contributed by atoms with Gasteiger partial charge in [-0.1, -0.05) is 60.7 Å². The zero-order valence-corrected chi connectivity index (χ0v) is 39.8. The number of aryl methyl sites for hydroxylation is 3. The SMILES string of the molecule is Cc1sc2c(c1C)C(c1ccc(N3CC4(CCN(CC5CCN(c6ccc([C@@H]7c8ccc(O)cc8CC[C@@H]7c7ccccc7)cc6)CC5)CC4)C3)cc1)=N[C@@H](Cc1ncco1)c1nnc(C)n1-2. The Labute approximate surface area is 398 Å². The van der Waals surface area contributed by atoms with Crippen molar-refractivity contribution in [2.24, 2.45) is 16.3 Å². The van der Waals surface area contributed by atoms with Crippen molar-refractivity contribution in [3.05, 3.63) is 171 Å². The molecule has 7 aromatic rings. The van der Waals surface area contributed by atoms with Crippen LogP contribution >= 0.6 is 11.3 Å². The molecule has 0 bridgehead atoms. The summed E-state index contributed by atoms with van der Waals surface area (Å²) < 4.78 is 7.89. The van der Waals surface area contributed by atoms with E-state index in [1.807, 2.05) is 19.1 Å². The fraction of sp³-hybridized carbons (Fsp3) is 0.393. The normalized spacial score (nSPS) is 21.6. The van der Waals surface area contributed by atoms with Gasteiger partial charge in [0.15, 0.2) is 11.7 Å². The van der Waals surface area contributed by atoms with Crippen LogP contribution in [-0.4, -0.2) is 81.3 Å². The van der Waals surface area contributed by atoms with Crippen LogP contribution in [0.2, 0.25) is 0 Å². The Morgan fingerprint density at radius 3 is 2.28 bits per heavy atom. The molecule has 0 saturated carbocycles. The number of piperidine rings is 2. The van der Waals surface area contributed by atoms with Gasteiger partial charge in [-0.2, -0.15) is 0 Å². The van der Waals surface area contributed by atoms with Crippen molar-refractivity contribution in [2.45, 2.75) is 83.6 Å². The third-order valence-corrected chi connectivity index (χ3v) is 17.3. The Morgan fingerprint density at radius 1 is 0.791 bits per heavy atom. The number of anilines is 2. The summed E-state index contributed by atoms with van der Waals surface area (Å²) in [4.78, 5) is 19.1. The number of benzene rings is 4. The molecule has 5 aliphatic rings. The van der Waals surface area contributed by atoms with Crippen LogP contribution in [0.3, 0.4) is 0 Å². The highest BCUT2D eigenvalue weighted by molar-refractivity contribution is 7.15. The number of aromatic nitrogens is 4. The molecular weight excluding hydrogens is 849 g/mol. The molecule has 0 unspecified atom stereocenters. The van der Waals surface area contributed by atoms with Gasteiger partial charge in [0.1, 0.15) is 28.9 Å². The minimum atomic E-state index is -0.273. The van der Waals surface area contributed by atoms with Crippen LogP contribution in [0.15, 0.2) is 119 Å². The summed E-state index contributed by atoms with van der Waals surface area (Å²) in [6, 6.07) is 35.4. The lowest BCUT2D eigenvalue weighted by Crippen LogP contribution is -2.60. The van der Waals surface area contributed by atoms with Crippen LogP contribution in [0.1, 0.15) is 111 Å². The third kappa shape index (κ3) is 7.87. The molecule has 12 rings (SSSR count). The fourth-order valence-electron chi connectivity index (χ4n) is 12.3. The monoisotopic (exact) mass is 908 g/mol. The number of rotatable bonds is 9. The predicted molar refractivity (Wildman–Crippen MR) is 268 cm³/mol. The number of phenols is 1. The minimum absolute atomic E-state index is 0.273. The van der Waals surface area contributed by atoms with Crippen molar-refractivity contribution in [1.82, 2.24) is 24.6 Å². The molecule has 1 N–H and O–H groups in total. The van der Waals surface area contributed by atoms with Gasteiger partial charge in [-0.3, -0.25) is 9.56 Å². The van der Waals surface area contributed by atoms with Gasteiger partial charge in [0.2, 0.25) is 0 Å². The quantitative estimate of drug-likeness (QED) is 0.153. The second-order valence-electron chi connectivity index (χ2n) is 20.2. The lowest BCUT2D eigenvalue weighted by molar-refractivity contribution is 0.0648. The summed E-state index contributed by atoms with van der Waals surface area (Å²) in [5.41, 5.74) is 13.0. The van der Waals surface area contributed by atoms with Crippen molar-refractivity contribution in [3.8, 4) is 10.8 Å². The average Bonchev–Trinajstić information content (AvgIpc) is 4.06. The zero-order valence-electron chi connectivity index (χ0n) is 38.9. The van der Waals surface area contributed by atoms with Gasteiger partial charge in [-0.25, -0.2) is 4.98 Å². The maximum absolute atomic E-state index is 10.3. The molecule has 0 radical (unpaired) electrons. The Kier molecular flexibility index (Phi) is 10.9. The first-order valence-electron chi connectivity index (χ1n) is 24.5. The van der Waals surface area contributed by atoms with E-state index in [9.17, 15) is 5.11 Å². The minimum Gasteiger partial charge on any atom is -0.508 e. The molecule has 11 heteroatoms. The molecule has 10 nitrogen and oxygen atoms in total. The van der Waals surface area contributed by atoms with Crippen molar-refractivity contribution < 1.29 is 9.52 Å². The number of oxazole rings is 1.